The van der Waals surface area contributed by atoms with Gasteiger partial charge < -0.3 is 4.74 Å². The van der Waals surface area contributed by atoms with Crippen LogP contribution in [0.4, 0.5) is 0 Å². The Balaban J connectivity index is 2.67. The molecule has 0 spiro atoms. The Morgan fingerprint density at radius 1 is 1.58 bits per heavy atom. The van der Waals surface area contributed by atoms with Crippen LogP contribution in [0.15, 0.2) is 16.5 Å². The lowest BCUT2D eigenvalue weighted by molar-refractivity contribution is 0.368. The molecule has 0 aromatic rings. The molecule has 1 aliphatic heterocycles. The zero-order chi connectivity index (χ0) is 9.19. The average Bonchev–Trinajstić information content (AvgIpc) is 2.37. The fourth-order valence-corrected chi connectivity index (χ4v) is 1.16. The fraction of sp³-hybridized carbons (Fsp3) is 0.625. The summed E-state index contributed by atoms with van der Waals surface area (Å²) in [7, 11) is -1.22. The van der Waals surface area contributed by atoms with Gasteiger partial charge in [0.15, 0.2) is 0 Å². The van der Waals surface area contributed by atoms with Gasteiger partial charge in [-0.1, -0.05) is 0 Å². The molecule has 0 saturated carbocycles. The topological polar surface area (TPSA) is 38.7 Å². The predicted octanol–water partition coefficient (Wildman–Crippen LogP) is 1.43. The highest BCUT2D eigenvalue weighted by molar-refractivity contribution is 7.85. The highest BCUT2D eigenvalue weighted by atomic mass is 32.2. The minimum atomic E-state index is -1.22. The standard InChI is InChI=1S/C8H13NO2S/c1-8(2,3)12(10)9-7-5-4-6-11-7/h4-5H,6H2,1-3H3. The van der Waals surface area contributed by atoms with Crippen molar-refractivity contribution in [2.75, 3.05) is 6.61 Å². The molecule has 0 aromatic carbocycles. The van der Waals surface area contributed by atoms with E-state index < -0.39 is 11.0 Å². The Morgan fingerprint density at radius 3 is 2.67 bits per heavy atom. The van der Waals surface area contributed by atoms with Gasteiger partial charge in [0, 0.05) is 6.08 Å². The van der Waals surface area contributed by atoms with Gasteiger partial charge in [-0.25, -0.2) is 4.21 Å². The first kappa shape index (κ1) is 9.45. The van der Waals surface area contributed by atoms with Crippen molar-refractivity contribution in [3.8, 4) is 0 Å². The predicted molar refractivity (Wildman–Crippen MR) is 50.4 cm³/mol. The van der Waals surface area contributed by atoms with Crippen LogP contribution in [0.5, 0.6) is 0 Å². The molecule has 0 saturated heterocycles. The third kappa shape index (κ3) is 2.44. The lowest BCUT2D eigenvalue weighted by Gasteiger charge is -2.13. The summed E-state index contributed by atoms with van der Waals surface area (Å²) < 4.78 is 20.1. The molecule has 1 unspecified atom stereocenters. The van der Waals surface area contributed by atoms with E-state index in [-0.39, 0.29) is 4.75 Å². The van der Waals surface area contributed by atoms with Crippen LogP contribution in [0.1, 0.15) is 20.8 Å². The Kier molecular flexibility index (Phi) is 2.67. The molecule has 0 amide bonds. The van der Waals surface area contributed by atoms with Crippen LogP contribution < -0.4 is 0 Å². The molecule has 3 nitrogen and oxygen atoms in total. The summed E-state index contributed by atoms with van der Waals surface area (Å²) in [5, 5.41) is 0. The molecule has 0 bridgehead atoms. The first-order valence-corrected chi connectivity index (χ1v) is 4.91. The molecule has 12 heavy (non-hydrogen) atoms. The van der Waals surface area contributed by atoms with Crippen molar-refractivity contribution < 1.29 is 8.95 Å². The molecule has 1 atom stereocenters. The quantitative estimate of drug-likeness (QED) is 0.623. The third-order valence-corrected chi connectivity index (χ3v) is 2.68. The van der Waals surface area contributed by atoms with Crippen LogP contribution in [0.3, 0.4) is 0 Å². The maximum absolute atomic E-state index is 11.4. The van der Waals surface area contributed by atoms with Crippen LogP contribution in [0.25, 0.3) is 0 Å². The van der Waals surface area contributed by atoms with Crippen molar-refractivity contribution in [1.82, 2.24) is 0 Å². The monoisotopic (exact) mass is 187 g/mol. The molecule has 0 aliphatic carbocycles. The van der Waals surface area contributed by atoms with Crippen LogP contribution in [0.2, 0.25) is 0 Å². The molecule has 1 heterocycles. The maximum Gasteiger partial charge on any atom is 0.222 e. The third-order valence-electron chi connectivity index (χ3n) is 1.28. The molecular formula is C8H13NO2S. The summed E-state index contributed by atoms with van der Waals surface area (Å²) in [6.07, 6.45) is 3.59. The van der Waals surface area contributed by atoms with Crippen LogP contribution in [-0.4, -0.2) is 21.5 Å². The van der Waals surface area contributed by atoms with Gasteiger partial charge in [0.05, 0.1) is 4.75 Å². The zero-order valence-electron chi connectivity index (χ0n) is 7.53. The largest absolute Gasteiger partial charge is 0.473 e. The van der Waals surface area contributed by atoms with Gasteiger partial charge in [-0.2, -0.15) is 0 Å². The zero-order valence-corrected chi connectivity index (χ0v) is 8.35. The van der Waals surface area contributed by atoms with Gasteiger partial charge in [-0.15, -0.1) is 4.40 Å². The Labute approximate surface area is 75.1 Å². The summed E-state index contributed by atoms with van der Waals surface area (Å²) in [5.41, 5.74) is 0. The summed E-state index contributed by atoms with van der Waals surface area (Å²) in [6.45, 7) is 6.18. The van der Waals surface area contributed by atoms with Gasteiger partial charge in [0.25, 0.3) is 0 Å². The maximum atomic E-state index is 11.4. The highest BCUT2D eigenvalue weighted by Gasteiger charge is 2.20. The van der Waals surface area contributed by atoms with E-state index in [1.807, 2.05) is 26.8 Å². The minimum Gasteiger partial charge on any atom is -0.473 e. The lowest BCUT2D eigenvalue weighted by atomic mass is 10.3. The second-order valence-electron chi connectivity index (χ2n) is 3.50. The van der Waals surface area contributed by atoms with Crippen molar-refractivity contribution in [3.05, 3.63) is 12.2 Å². The van der Waals surface area contributed by atoms with Gasteiger partial charge >= 0.3 is 0 Å². The fourth-order valence-electron chi connectivity index (χ4n) is 0.606. The smallest absolute Gasteiger partial charge is 0.222 e. The molecule has 4 heteroatoms. The van der Waals surface area contributed by atoms with E-state index in [1.165, 1.54) is 0 Å². The second kappa shape index (κ2) is 3.39. The summed E-state index contributed by atoms with van der Waals surface area (Å²) >= 11 is 0. The summed E-state index contributed by atoms with van der Waals surface area (Å²) in [5.74, 6) is 0.475. The van der Waals surface area contributed by atoms with E-state index in [0.29, 0.717) is 12.5 Å². The Bertz CT molecular complexity index is 250. The van der Waals surface area contributed by atoms with Crippen LogP contribution in [-0.2, 0) is 15.7 Å². The average molecular weight is 187 g/mol. The van der Waals surface area contributed by atoms with Gasteiger partial charge in [-0.05, 0) is 26.8 Å². The van der Waals surface area contributed by atoms with Gasteiger partial charge in [-0.3, -0.25) is 0 Å². The summed E-state index contributed by atoms with van der Waals surface area (Å²) in [6, 6.07) is 0. The molecular weight excluding hydrogens is 174 g/mol. The van der Waals surface area contributed by atoms with Gasteiger partial charge in [0.2, 0.25) is 5.90 Å². The van der Waals surface area contributed by atoms with E-state index in [1.54, 1.807) is 6.08 Å². The first-order valence-electron chi connectivity index (χ1n) is 3.80. The van der Waals surface area contributed by atoms with E-state index >= 15 is 0 Å². The van der Waals surface area contributed by atoms with E-state index in [0.717, 1.165) is 0 Å². The first-order chi connectivity index (χ1) is 5.50. The number of hydrogen-bond donors (Lipinski definition) is 0. The minimum absolute atomic E-state index is 0.313. The number of nitrogens with zero attached hydrogens (tertiary/aromatic N) is 1. The summed E-state index contributed by atoms with van der Waals surface area (Å²) in [4.78, 5) is 0. The number of ether oxygens (including phenoxy) is 1. The van der Waals surface area contributed by atoms with Gasteiger partial charge in [0.1, 0.15) is 17.6 Å². The van der Waals surface area contributed by atoms with Crippen LogP contribution in [0, 0.1) is 0 Å². The van der Waals surface area contributed by atoms with Crippen molar-refractivity contribution in [2.45, 2.75) is 25.5 Å². The molecule has 0 aromatic heterocycles. The molecule has 1 aliphatic rings. The molecule has 0 radical (unpaired) electrons. The van der Waals surface area contributed by atoms with E-state index in [4.69, 9.17) is 4.74 Å². The molecule has 1 rings (SSSR count). The molecule has 0 fully saturated rings. The highest BCUT2D eigenvalue weighted by Crippen LogP contribution is 2.13. The van der Waals surface area contributed by atoms with Crippen molar-refractivity contribution in [1.29, 1.82) is 0 Å². The SMILES string of the molecule is CC(C)(C)S(=O)N=C1C=CCO1. The lowest BCUT2D eigenvalue weighted by Crippen LogP contribution is -2.20. The number of rotatable bonds is 1. The van der Waals surface area contributed by atoms with E-state index in [2.05, 4.69) is 4.40 Å². The van der Waals surface area contributed by atoms with Crippen LogP contribution >= 0.6 is 0 Å². The van der Waals surface area contributed by atoms with Crippen molar-refractivity contribution in [3.63, 3.8) is 0 Å². The Hall–Kier alpha value is -0.640. The second-order valence-corrected chi connectivity index (χ2v) is 5.41. The van der Waals surface area contributed by atoms with Crippen molar-refractivity contribution in [2.24, 2.45) is 4.40 Å². The van der Waals surface area contributed by atoms with E-state index in [9.17, 15) is 4.21 Å². The van der Waals surface area contributed by atoms with Crippen molar-refractivity contribution >= 4 is 16.9 Å². The molecule has 0 N–H and O–H groups in total. The molecule has 68 valence electrons. The normalized spacial score (nSPS) is 22.8. The number of hydrogen-bond acceptors (Lipinski definition) is 2. The Morgan fingerprint density at radius 2 is 2.25 bits per heavy atom.